The fraction of sp³-hybridized carbons (Fsp3) is 0.300. The maximum atomic E-state index is 12.1. The van der Waals surface area contributed by atoms with Gasteiger partial charge in [-0.05, 0) is 12.0 Å². The third-order valence-electron chi connectivity index (χ3n) is 1.91. The fourth-order valence-corrected chi connectivity index (χ4v) is 1.16. The summed E-state index contributed by atoms with van der Waals surface area (Å²) in [7, 11) is 0. The highest BCUT2D eigenvalue weighted by Gasteiger charge is 2.57. The van der Waals surface area contributed by atoms with Gasteiger partial charge in [0.2, 0.25) is 0 Å². The monoisotopic (exact) mass is 241 g/mol. The Balaban J connectivity index is 2.89. The third kappa shape index (κ3) is 3.43. The molecule has 0 fully saturated rings. The molecular weight excluding hydrogens is 234 g/mol. The molecule has 1 rings (SSSR count). The van der Waals surface area contributed by atoms with Crippen molar-refractivity contribution in [2.24, 2.45) is 0 Å². The zero-order valence-electron chi connectivity index (χ0n) is 7.86. The molecule has 0 unspecified atom stereocenters. The first-order valence-electron chi connectivity index (χ1n) is 4.25. The summed E-state index contributed by atoms with van der Waals surface area (Å²) in [5.41, 5.74) is -0.0212. The summed E-state index contributed by atoms with van der Waals surface area (Å²) < 4.78 is 72.9. The summed E-state index contributed by atoms with van der Waals surface area (Å²) in [6, 6.07) is 6.73. The molecule has 89 valence electrons. The van der Waals surface area contributed by atoms with Crippen molar-refractivity contribution in [3.63, 3.8) is 0 Å². The van der Waals surface area contributed by atoms with Crippen LogP contribution in [0.1, 0.15) is 5.56 Å². The summed E-state index contributed by atoms with van der Waals surface area (Å²) in [6.07, 6.45) is -11.9. The minimum absolute atomic E-state index is 0.0212. The highest BCUT2D eigenvalue weighted by Crippen LogP contribution is 2.42. The standard InChI is InChI=1S/C10H7F6/c11-9(12,13)8(10(14,15)16)6-7-4-2-1-3-5-7/h1-5H,6H2. The molecule has 0 amide bonds. The molecule has 0 aliphatic carbocycles. The average molecular weight is 241 g/mol. The van der Waals surface area contributed by atoms with E-state index in [2.05, 4.69) is 0 Å². The van der Waals surface area contributed by atoms with Gasteiger partial charge < -0.3 is 0 Å². The minimum Gasteiger partial charge on any atom is -0.170 e. The van der Waals surface area contributed by atoms with Crippen LogP contribution in [0, 0.1) is 5.92 Å². The van der Waals surface area contributed by atoms with Gasteiger partial charge in [0, 0.05) is 0 Å². The average Bonchev–Trinajstić information content (AvgIpc) is 2.12. The molecular formula is C10H7F6. The lowest BCUT2D eigenvalue weighted by molar-refractivity contribution is -0.205. The van der Waals surface area contributed by atoms with Crippen LogP contribution < -0.4 is 0 Å². The van der Waals surface area contributed by atoms with Crippen molar-refractivity contribution in [2.75, 3.05) is 0 Å². The molecule has 0 nitrogen and oxygen atoms in total. The Morgan fingerprint density at radius 1 is 0.812 bits per heavy atom. The first-order valence-corrected chi connectivity index (χ1v) is 4.25. The SMILES string of the molecule is FC(F)(F)[C](Cc1ccccc1)C(F)(F)F. The molecule has 0 atom stereocenters. The van der Waals surface area contributed by atoms with Crippen molar-refractivity contribution >= 4 is 0 Å². The number of benzene rings is 1. The lowest BCUT2D eigenvalue weighted by atomic mass is 9.98. The number of hydrogen-bond acceptors (Lipinski definition) is 0. The molecule has 1 radical (unpaired) electrons. The summed E-state index contributed by atoms with van der Waals surface area (Å²) >= 11 is 0. The second-order valence-electron chi connectivity index (χ2n) is 3.14. The smallest absolute Gasteiger partial charge is 0.170 e. The van der Waals surface area contributed by atoms with Gasteiger partial charge in [0.05, 0.1) is 0 Å². The Kier molecular flexibility index (Phi) is 3.50. The van der Waals surface area contributed by atoms with Crippen LogP contribution in [0.4, 0.5) is 26.3 Å². The zero-order chi connectivity index (χ0) is 12.4. The first-order chi connectivity index (χ1) is 7.21. The highest BCUT2D eigenvalue weighted by atomic mass is 19.4. The van der Waals surface area contributed by atoms with E-state index in [0.29, 0.717) is 0 Å². The van der Waals surface area contributed by atoms with Crippen LogP contribution in [0.25, 0.3) is 0 Å². The second kappa shape index (κ2) is 4.35. The molecule has 0 saturated heterocycles. The van der Waals surface area contributed by atoms with Gasteiger partial charge in [-0.25, -0.2) is 0 Å². The van der Waals surface area contributed by atoms with E-state index in [0.717, 1.165) is 0 Å². The Labute approximate surface area is 87.9 Å². The van der Waals surface area contributed by atoms with Crippen molar-refractivity contribution in [3.05, 3.63) is 41.8 Å². The third-order valence-corrected chi connectivity index (χ3v) is 1.91. The molecule has 0 aromatic heterocycles. The molecule has 0 bridgehead atoms. The predicted molar refractivity (Wildman–Crippen MR) is 45.5 cm³/mol. The van der Waals surface area contributed by atoms with E-state index >= 15 is 0 Å². The van der Waals surface area contributed by atoms with E-state index in [1.807, 2.05) is 0 Å². The topological polar surface area (TPSA) is 0 Å². The Morgan fingerprint density at radius 3 is 1.62 bits per heavy atom. The van der Waals surface area contributed by atoms with Crippen LogP contribution in [-0.4, -0.2) is 12.4 Å². The lowest BCUT2D eigenvalue weighted by Gasteiger charge is -2.21. The van der Waals surface area contributed by atoms with Crippen molar-refractivity contribution in [2.45, 2.75) is 18.8 Å². The van der Waals surface area contributed by atoms with Gasteiger partial charge in [0.15, 0.2) is 5.92 Å². The highest BCUT2D eigenvalue weighted by molar-refractivity contribution is 5.22. The van der Waals surface area contributed by atoms with Gasteiger partial charge in [0.25, 0.3) is 0 Å². The Bertz CT molecular complexity index is 309. The molecule has 1 aromatic rings. The number of halogens is 6. The quantitative estimate of drug-likeness (QED) is 0.688. The number of rotatable bonds is 2. The predicted octanol–water partition coefficient (Wildman–Crippen LogP) is 3.93. The van der Waals surface area contributed by atoms with Crippen LogP contribution in [0.15, 0.2) is 30.3 Å². The van der Waals surface area contributed by atoms with Gasteiger partial charge in [0.1, 0.15) is 0 Å². The summed E-state index contributed by atoms with van der Waals surface area (Å²) in [5.74, 6) is -2.38. The maximum Gasteiger partial charge on any atom is 0.404 e. The van der Waals surface area contributed by atoms with E-state index in [1.165, 1.54) is 30.3 Å². The van der Waals surface area contributed by atoms with Gasteiger partial charge in [-0.3, -0.25) is 0 Å². The molecule has 1 aromatic carbocycles. The Morgan fingerprint density at radius 2 is 1.25 bits per heavy atom. The minimum atomic E-state index is -5.35. The summed E-state index contributed by atoms with van der Waals surface area (Å²) in [4.78, 5) is 0. The van der Waals surface area contributed by atoms with Crippen molar-refractivity contribution in [1.29, 1.82) is 0 Å². The molecule has 0 N–H and O–H groups in total. The van der Waals surface area contributed by atoms with Gasteiger partial charge in [-0.1, -0.05) is 30.3 Å². The molecule has 0 aliphatic rings. The van der Waals surface area contributed by atoms with Crippen LogP contribution in [-0.2, 0) is 6.42 Å². The van der Waals surface area contributed by atoms with Gasteiger partial charge in [-0.2, -0.15) is 26.3 Å². The van der Waals surface area contributed by atoms with Crippen molar-refractivity contribution in [1.82, 2.24) is 0 Å². The van der Waals surface area contributed by atoms with Crippen molar-refractivity contribution in [3.8, 4) is 0 Å². The number of hydrogen-bond donors (Lipinski definition) is 0. The van der Waals surface area contributed by atoms with Crippen LogP contribution >= 0.6 is 0 Å². The van der Waals surface area contributed by atoms with Crippen LogP contribution in [0.5, 0.6) is 0 Å². The first kappa shape index (κ1) is 12.9. The zero-order valence-corrected chi connectivity index (χ0v) is 7.86. The maximum absolute atomic E-state index is 12.1. The largest absolute Gasteiger partial charge is 0.404 e. The molecule has 0 spiro atoms. The summed E-state index contributed by atoms with van der Waals surface area (Å²) in [5, 5.41) is 0. The van der Waals surface area contributed by atoms with E-state index in [1.54, 1.807) is 0 Å². The second-order valence-corrected chi connectivity index (χ2v) is 3.14. The Hall–Kier alpha value is -1.20. The molecule has 0 saturated carbocycles. The normalized spacial score (nSPS) is 13.2. The number of alkyl halides is 6. The van der Waals surface area contributed by atoms with Crippen molar-refractivity contribution < 1.29 is 26.3 Å². The fourth-order valence-electron chi connectivity index (χ4n) is 1.16. The van der Waals surface area contributed by atoms with Crippen LogP contribution in [0.2, 0.25) is 0 Å². The molecule has 0 heterocycles. The van der Waals surface area contributed by atoms with E-state index < -0.39 is 24.7 Å². The van der Waals surface area contributed by atoms with Crippen LogP contribution in [0.3, 0.4) is 0 Å². The molecule has 6 heteroatoms. The molecule has 16 heavy (non-hydrogen) atoms. The van der Waals surface area contributed by atoms with E-state index in [9.17, 15) is 26.3 Å². The van der Waals surface area contributed by atoms with E-state index in [4.69, 9.17) is 0 Å². The molecule has 0 aliphatic heterocycles. The summed E-state index contributed by atoms with van der Waals surface area (Å²) in [6.45, 7) is 0. The van der Waals surface area contributed by atoms with Gasteiger partial charge >= 0.3 is 12.4 Å². The lowest BCUT2D eigenvalue weighted by Crippen LogP contribution is -2.35. The van der Waals surface area contributed by atoms with Gasteiger partial charge in [-0.15, -0.1) is 0 Å². The van der Waals surface area contributed by atoms with E-state index in [-0.39, 0.29) is 5.56 Å².